The van der Waals surface area contributed by atoms with Gasteiger partial charge in [-0.05, 0) is 65.7 Å². The van der Waals surface area contributed by atoms with Gasteiger partial charge < -0.3 is 54.1 Å². The highest BCUT2D eigenvalue weighted by molar-refractivity contribution is 5.88. The van der Waals surface area contributed by atoms with Gasteiger partial charge in [0.2, 0.25) is 0 Å². The molecule has 0 saturated carbocycles. The molecule has 0 radical (unpaired) electrons. The van der Waals surface area contributed by atoms with E-state index >= 15 is 0 Å². The van der Waals surface area contributed by atoms with Crippen LogP contribution in [0.15, 0.2) is 10.4 Å². The molecule has 3 aliphatic heterocycles. The van der Waals surface area contributed by atoms with Crippen LogP contribution in [-0.2, 0) is 33.2 Å². The third-order valence-electron chi connectivity index (χ3n) is 11.9. The molecule has 0 unspecified atom stereocenters. The Labute approximate surface area is 308 Å². The topological polar surface area (TPSA) is 219 Å². The summed E-state index contributed by atoms with van der Waals surface area (Å²) in [4.78, 5) is 25.6. The molecule has 0 spiro atoms. The minimum absolute atomic E-state index is 0.124. The van der Waals surface area contributed by atoms with Crippen molar-refractivity contribution in [2.45, 2.75) is 174 Å². The zero-order valence-corrected chi connectivity index (χ0v) is 32.9. The summed E-state index contributed by atoms with van der Waals surface area (Å²) < 4.78 is 37.3. The zero-order valence-electron chi connectivity index (χ0n) is 32.9. The molecule has 0 bridgehead atoms. The predicted octanol–water partition coefficient (Wildman–Crippen LogP) is 2.98. The Morgan fingerprint density at radius 2 is 1.58 bits per heavy atom. The molecule has 0 aliphatic carbocycles. The van der Waals surface area contributed by atoms with Gasteiger partial charge in [-0.25, -0.2) is 0 Å². The molecule has 302 valence electrons. The lowest BCUT2D eigenvalue weighted by atomic mass is 9.75. The van der Waals surface area contributed by atoms with Gasteiger partial charge in [0.1, 0.15) is 23.9 Å². The molecule has 3 fully saturated rings. The van der Waals surface area contributed by atoms with E-state index in [0.717, 1.165) is 5.01 Å². The minimum Gasteiger partial charge on any atom is -0.459 e. The molecule has 5 N–H and O–H groups in total. The molecule has 52 heavy (non-hydrogen) atoms. The molecule has 3 aliphatic rings. The summed E-state index contributed by atoms with van der Waals surface area (Å²) in [7, 11) is 2.97. The summed E-state index contributed by atoms with van der Waals surface area (Å²) in [5, 5.41) is 63.4. The number of likely N-dealkylation sites (N-methyl/N-ethyl adjacent to an activating group) is 1. The summed E-state index contributed by atoms with van der Waals surface area (Å²) in [6.45, 7) is 17.3. The summed E-state index contributed by atoms with van der Waals surface area (Å²) in [5.74, 6) is -4.01. The number of cyclic esters (lactones) is 1. The van der Waals surface area contributed by atoms with Crippen molar-refractivity contribution >= 4 is 11.7 Å². The van der Waals surface area contributed by atoms with Gasteiger partial charge >= 0.3 is 5.97 Å². The first-order chi connectivity index (χ1) is 24.2. The average molecular weight is 748 g/mol. The Morgan fingerprint density at radius 1 is 0.942 bits per heavy atom. The van der Waals surface area contributed by atoms with Gasteiger partial charge in [0.05, 0.1) is 59.1 Å². The Balaban J connectivity index is 2.17. The molecule has 16 nitrogen and oxygen atoms in total. The van der Waals surface area contributed by atoms with E-state index in [0.29, 0.717) is 12.8 Å². The van der Waals surface area contributed by atoms with Crippen molar-refractivity contribution in [3.05, 3.63) is 4.91 Å². The maximum Gasteiger partial charge on any atom is 0.311 e. The Morgan fingerprint density at radius 3 is 2.13 bits per heavy atom. The second-order valence-corrected chi connectivity index (χ2v) is 16.0. The van der Waals surface area contributed by atoms with Crippen molar-refractivity contribution in [2.24, 2.45) is 40.0 Å². The van der Waals surface area contributed by atoms with Gasteiger partial charge in [-0.3, -0.25) is 9.80 Å². The molecule has 3 rings (SSSR count). The van der Waals surface area contributed by atoms with Crippen LogP contribution in [0, 0.1) is 34.5 Å². The monoisotopic (exact) mass is 747 g/mol. The van der Waals surface area contributed by atoms with E-state index in [4.69, 9.17) is 28.4 Å². The SMILES string of the molecule is CC[C@H]1OC(=O)[C@H](C)[C@@H](O[C@H]2C[C@@](C)(OC)[C@@H](O)[C@H](C)O2)[C@H](C)[C@@H](O[C@@H]2O[C@H](C)C[C@H](N(C)N=O)[C@H]2O)[C@@H](C)C[C@@H](C)/C(=N\O)[C@H](C)[C@@H](O)[C@]1(C)O. The number of ether oxygens (including phenoxy) is 6. The third kappa shape index (κ3) is 9.43. The van der Waals surface area contributed by atoms with E-state index in [2.05, 4.69) is 10.4 Å². The van der Waals surface area contributed by atoms with Crippen LogP contribution in [0.25, 0.3) is 0 Å². The van der Waals surface area contributed by atoms with Crippen molar-refractivity contribution < 1.29 is 58.8 Å². The van der Waals surface area contributed by atoms with Crippen LogP contribution in [-0.4, -0.2) is 135 Å². The smallest absolute Gasteiger partial charge is 0.311 e. The summed E-state index contributed by atoms with van der Waals surface area (Å²) in [5.41, 5.74) is -2.72. The largest absolute Gasteiger partial charge is 0.459 e. The van der Waals surface area contributed by atoms with Crippen LogP contribution in [0.4, 0.5) is 0 Å². The first-order valence-electron chi connectivity index (χ1n) is 18.6. The lowest BCUT2D eigenvalue weighted by Crippen LogP contribution is -2.59. The number of nitrogens with zero attached hydrogens (tertiary/aromatic N) is 3. The Kier molecular flexibility index (Phi) is 15.4. The summed E-state index contributed by atoms with van der Waals surface area (Å²) in [6.07, 6.45) is -8.89. The van der Waals surface area contributed by atoms with Gasteiger partial charge in [-0.1, -0.05) is 39.8 Å². The fourth-order valence-electron chi connectivity index (χ4n) is 8.46. The summed E-state index contributed by atoms with van der Waals surface area (Å²) >= 11 is 0. The van der Waals surface area contributed by atoms with Crippen LogP contribution >= 0.6 is 0 Å². The maximum absolute atomic E-state index is 14.1. The van der Waals surface area contributed by atoms with Gasteiger partial charge in [0.25, 0.3) is 0 Å². The second-order valence-electron chi connectivity index (χ2n) is 16.0. The third-order valence-corrected chi connectivity index (χ3v) is 11.9. The highest BCUT2D eigenvalue weighted by atomic mass is 16.7. The number of carbonyl (C=O) groups is 1. The number of rotatable bonds is 8. The molecule has 0 aromatic carbocycles. The lowest BCUT2D eigenvalue weighted by molar-refractivity contribution is -0.309. The molecular weight excluding hydrogens is 682 g/mol. The fraction of sp³-hybridized carbons (Fsp3) is 0.944. The molecule has 18 atom stereocenters. The van der Waals surface area contributed by atoms with Crippen LogP contribution < -0.4 is 0 Å². The van der Waals surface area contributed by atoms with E-state index in [9.17, 15) is 35.3 Å². The van der Waals surface area contributed by atoms with Gasteiger partial charge in [0.15, 0.2) is 12.6 Å². The molecule has 0 amide bonds. The molecular formula is C36H65N3O13. The van der Waals surface area contributed by atoms with Gasteiger partial charge in [0, 0.05) is 32.4 Å². The minimum atomic E-state index is -1.92. The van der Waals surface area contributed by atoms with E-state index in [1.807, 2.05) is 20.8 Å². The standard InChI is InChI=1S/C36H65N3O13/c1-13-25-36(10,44)31(41)20(5)27(37-45)17(2)14-18(3)29(52-34-28(40)24(39(11)38-46)15-19(4)48-34)21(6)30(22(7)33(43)50-25)51-26-16-35(9,47-12)32(42)23(8)49-26/h17-26,28-32,34,40-42,44-45H,13-16H2,1-12H3/b37-27+/t17-,18+,19-,20+,21-,22-,23+,24+,25-,26+,28-,29+,30+,31-,32+,34+,35-,36-/m1/s1. The van der Waals surface area contributed by atoms with Crippen molar-refractivity contribution in [3.63, 3.8) is 0 Å². The quantitative estimate of drug-likeness (QED) is 0.104. The number of carbonyl (C=O) groups excluding carboxylic acids is 1. The zero-order chi connectivity index (χ0) is 39.5. The van der Waals surface area contributed by atoms with Crippen LogP contribution in [0.5, 0.6) is 0 Å². The molecule has 3 heterocycles. The number of aliphatic hydroxyl groups excluding tert-OH is 3. The molecule has 0 aromatic rings. The number of aliphatic hydroxyl groups is 4. The van der Waals surface area contributed by atoms with Crippen LogP contribution in [0.2, 0.25) is 0 Å². The average Bonchev–Trinajstić information content (AvgIpc) is 3.09. The summed E-state index contributed by atoms with van der Waals surface area (Å²) in [6, 6.07) is -0.695. The van der Waals surface area contributed by atoms with E-state index in [1.165, 1.54) is 21.1 Å². The van der Waals surface area contributed by atoms with Crippen molar-refractivity contribution in [1.82, 2.24) is 5.01 Å². The van der Waals surface area contributed by atoms with E-state index in [-0.39, 0.29) is 18.6 Å². The number of hydrogen-bond acceptors (Lipinski definition) is 15. The Bertz CT molecular complexity index is 1210. The number of hydrogen-bond donors (Lipinski definition) is 5. The van der Waals surface area contributed by atoms with E-state index in [1.54, 1.807) is 41.5 Å². The Hall–Kier alpha value is -2.02. The number of oxime groups is 1. The predicted molar refractivity (Wildman–Crippen MR) is 189 cm³/mol. The van der Waals surface area contributed by atoms with Gasteiger partial charge in [-0.15, -0.1) is 4.91 Å². The van der Waals surface area contributed by atoms with Crippen LogP contribution in [0.3, 0.4) is 0 Å². The lowest BCUT2D eigenvalue weighted by Gasteiger charge is -2.47. The highest BCUT2D eigenvalue weighted by Gasteiger charge is 2.51. The normalized spacial score (nSPS) is 48.1. The maximum atomic E-state index is 14.1. The first-order valence-corrected chi connectivity index (χ1v) is 18.6. The number of esters is 1. The second kappa shape index (κ2) is 18.1. The van der Waals surface area contributed by atoms with Crippen molar-refractivity contribution in [3.8, 4) is 0 Å². The number of nitroso groups, excluding NO2 is 1. The molecule has 16 heteroatoms. The van der Waals surface area contributed by atoms with Crippen molar-refractivity contribution in [2.75, 3.05) is 14.2 Å². The van der Waals surface area contributed by atoms with Crippen LogP contribution in [0.1, 0.15) is 94.9 Å². The molecule has 0 aromatic heterocycles. The fourth-order valence-corrected chi connectivity index (χ4v) is 8.46. The van der Waals surface area contributed by atoms with Gasteiger partial charge in [-0.2, -0.15) is 0 Å². The highest BCUT2D eigenvalue weighted by Crippen LogP contribution is 2.39. The van der Waals surface area contributed by atoms with Crippen molar-refractivity contribution in [1.29, 1.82) is 0 Å². The molecule has 3 saturated heterocycles. The van der Waals surface area contributed by atoms with E-state index < -0.39 is 114 Å². The number of methoxy groups -OCH3 is 1. The first kappa shape index (κ1) is 44.4.